The molecule has 0 radical (unpaired) electrons. The molecule has 0 saturated carbocycles. The molecule has 242 valence electrons. The molecule has 0 spiro atoms. The van der Waals surface area contributed by atoms with Gasteiger partial charge in [-0.2, -0.15) is 0 Å². The zero-order valence-corrected chi connectivity index (χ0v) is 27.4. The summed E-state index contributed by atoms with van der Waals surface area (Å²) in [5, 5.41) is 14.3. The molecule has 1 aromatic heterocycles. The largest absolute Gasteiger partial charge is 0.394 e. The SMILES string of the molecule is C[C@@H]1CN([C@@H](C)CO)C(=O)c2c(c3ccccc3n2C)-c2ccccc2CO[C@H]1CN(C)C(=O)Nc1ccc(-c2ccccc2)cc1. The van der Waals surface area contributed by atoms with Crippen molar-refractivity contribution in [2.24, 2.45) is 13.0 Å². The van der Waals surface area contributed by atoms with Crippen molar-refractivity contribution in [1.29, 1.82) is 0 Å². The van der Waals surface area contributed by atoms with Crippen molar-refractivity contribution >= 4 is 28.5 Å². The van der Waals surface area contributed by atoms with Gasteiger partial charge in [-0.15, -0.1) is 0 Å². The molecular formula is C39H42N4O4. The van der Waals surface area contributed by atoms with Crippen molar-refractivity contribution in [3.8, 4) is 22.3 Å². The fourth-order valence-corrected chi connectivity index (χ4v) is 6.47. The zero-order valence-electron chi connectivity index (χ0n) is 27.4. The standard InChI is InChI=1S/C39H42N4O4/c1-26-22-43(27(2)24-44)38(45)37-36(33-16-10-11-17-34(33)42(37)4)32-15-9-8-14-30(32)25-47-35(26)23-41(3)39(46)40-31-20-18-29(19-21-31)28-12-6-5-7-13-28/h5-21,26-27,35,44H,22-25H2,1-4H3,(H,40,46)/t26-,27+,35+/m1/s1. The fraction of sp³-hybridized carbons (Fsp3) is 0.282. The van der Waals surface area contributed by atoms with Gasteiger partial charge in [-0.05, 0) is 47.4 Å². The van der Waals surface area contributed by atoms with Crippen LogP contribution in [-0.4, -0.2) is 70.3 Å². The summed E-state index contributed by atoms with van der Waals surface area (Å²) in [4.78, 5) is 31.3. The van der Waals surface area contributed by atoms with E-state index in [1.54, 1.807) is 16.8 Å². The van der Waals surface area contributed by atoms with Crippen molar-refractivity contribution in [2.75, 3.05) is 32.1 Å². The predicted molar refractivity (Wildman–Crippen MR) is 187 cm³/mol. The number of nitrogens with zero attached hydrogens (tertiary/aromatic N) is 3. The molecule has 47 heavy (non-hydrogen) atoms. The van der Waals surface area contributed by atoms with Crippen molar-refractivity contribution < 1.29 is 19.4 Å². The number of rotatable bonds is 6. The number of aromatic nitrogens is 1. The second-order valence-electron chi connectivity index (χ2n) is 12.5. The number of ether oxygens (including phenoxy) is 1. The first-order valence-electron chi connectivity index (χ1n) is 16.1. The lowest BCUT2D eigenvalue weighted by Crippen LogP contribution is -2.48. The normalized spacial score (nSPS) is 17.4. The molecule has 0 fully saturated rings. The molecule has 0 unspecified atom stereocenters. The fourth-order valence-electron chi connectivity index (χ4n) is 6.47. The molecule has 2 heterocycles. The maximum absolute atomic E-state index is 14.5. The van der Waals surface area contributed by atoms with E-state index in [4.69, 9.17) is 4.74 Å². The van der Waals surface area contributed by atoms with Gasteiger partial charge in [0.2, 0.25) is 0 Å². The highest BCUT2D eigenvalue weighted by Crippen LogP contribution is 2.38. The van der Waals surface area contributed by atoms with E-state index in [1.165, 1.54) is 0 Å². The third kappa shape index (κ3) is 6.52. The quantitative estimate of drug-likeness (QED) is 0.211. The molecule has 0 saturated heterocycles. The first-order valence-corrected chi connectivity index (χ1v) is 16.1. The number of likely N-dealkylation sites (N-methyl/N-ethyl adjacent to an activating group) is 1. The van der Waals surface area contributed by atoms with Gasteiger partial charge in [0.25, 0.3) is 5.91 Å². The number of benzene rings is 4. The summed E-state index contributed by atoms with van der Waals surface area (Å²) in [5.74, 6) is -0.302. The summed E-state index contributed by atoms with van der Waals surface area (Å²) in [6.07, 6.45) is -0.390. The number of anilines is 1. The number of aliphatic hydroxyl groups excluding tert-OH is 1. The van der Waals surface area contributed by atoms with Crippen LogP contribution in [0.5, 0.6) is 0 Å². The molecule has 0 bridgehead atoms. The van der Waals surface area contributed by atoms with Crippen LogP contribution in [0.25, 0.3) is 33.2 Å². The number of carbonyl (C=O) groups excluding carboxylic acids is 2. The highest BCUT2D eigenvalue weighted by Gasteiger charge is 2.34. The van der Waals surface area contributed by atoms with Crippen molar-refractivity contribution in [3.63, 3.8) is 0 Å². The highest BCUT2D eigenvalue weighted by atomic mass is 16.5. The average molecular weight is 631 g/mol. The van der Waals surface area contributed by atoms with E-state index >= 15 is 0 Å². The second-order valence-corrected chi connectivity index (χ2v) is 12.5. The number of aliphatic hydroxyl groups is 1. The van der Waals surface area contributed by atoms with Crippen LogP contribution in [0.4, 0.5) is 10.5 Å². The summed E-state index contributed by atoms with van der Waals surface area (Å²) in [5.41, 5.74) is 7.19. The lowest BCUT2D eigenvalue weighted by Gasteiger charge is -2.35. The Morgan fingerprint density at radius 2 is 1.62 bits per heavy atom. The third-order valence-corrected chi connectivity index (χ3v) is 9.27. The summed E-state index contributed by atoms with van der Waals surface area (Å²) in [6, 6.07) is 33.3. The summed E-state index contributed by atoms with van der Waals surface area (Å²) >= 11 is 0. The average Bonchev–Trinajstić information content (AvgIpc) is 3.39. The monoisotopic (exact) mass is 630 g/mol. The Labute approximate surface area is 276 Å². The molecule has 8 heteroatoms. The van der Waals surface area contributed by atoms with Gasteiger partial charge in [0, 0.05) is 55.3 Å². The number of carbonyl (C=O) groups is 2. The maximum atomic E-state index is 14.5. The van der Waals surface area contributed by atoms with Gasteiger partial charge in [0.1, 0.15) is 5.69 Å². The Balaban J connectivity index is 1.29. The number of hydrogen-bond donors (Lipinski definition) is 2. The molecule has 1 aliphatic rings. The number of amides is 3. The highest BCUT2D eigenvalue weighted by molar-refractivity contribution is 6.10. The van der Waals surface area contributed by atoms with Gasteiger partial charge >= 0.3 is 6.03 Å². The Bertz CT molecular complexity index is 1870. The van der Waals surface area contributed by atoms with E-state index in [1.807, 2.05) is 116 Å². The van der Waals surface area contributed by atoms with Gasteiger partial charge in [0.15, 0.2) is 0 Å². The van der Waals surface area contributed by atoms with Crippen molar-refractivity contribution in [3.05, 3.63) is 114 Å². The van der Waals surface area contributed by atoms with Crippen molar-refractivity contribution in [1.82, 2.24) is 14.4 Å². The van der Waals surface area contributed by atoms with E-state index in [0.717, 1.165) is 38.7 Å². The number of para-hydroxylation sites is 1. The first kappa shape index (κ1) is 32.0. The minimum Gasteiger partial charge on any atom is -0.394 e. The Kier molecular flexibility index (Phi) is 9.43. The van der Waals surface area contributed by atoms with Crippen LogP contribution in [0, 0.1) is 5.92 Å². The first-order chi connectivity index (χ1) is 22.8. The van der Waals surface area contributed by atoms with Crippen LogP contribution in [0.15, 0.2) is 103 Å². The van der Waals surface area contributed by atoms with E-state index in [-0.39, 0.29) is 24.5 Å². The molecule has 2 N–H and O–H groups in total. The molecule has 5 aromatic rings. The van der Waals surface area contributed by atoms with E-state index in [2.05, 4.69) is 17.4 Å². The van der Waals surface area contributed by atoms with Crippen LogP contribution in [0.1, 0.15) is 29.9 Å². The molecule has 3 amide bonds. The van der Waals surface area contributed by atoms with Crippen LogP contribution < -0.4 is 5.32 Å². The second kappa shape index (κ2) is 13.8. The molecule has 8 nitrogen and oxygen atoms in total. The zero-order chi connectivity index (χ0) is 33.1. The summed E-state index contributed by atoms with van der Waals surface area (Å²) < 4.78 is 8.62. The molecular weight excluding hydrogens is 588 g/mol. The topological polar surface area (TPSA) is 87.0 Å². The van der Waals surface area contributed by atoms with Gasteiger partial charge in [-0.1, -0.05) is 91.9 Å². The number of fused-ring (bicyclic) bond motifs is 5. The van der Waals surface area contributed by atoms with E-state index in [0.29, 0.717) is 31.1 Å². The number of urea groups is 1. The summed E-state index contributed by atoms with van der Waals surface area (Å²) in [7, 11) is 3.68. The smallest absolute Gasteiger partial charge is 0.321 e. The molecule has 4 aromatic carbocycles. The van der Waals surface area contributed by atoms with Gasteiger partial charge in [-0.25, -0.2) is 4.79 Å². The van der Waals surface area contributed by atoms with Crippen molar-refractivity contribution in [2.45, 2.75) is 32.6 Å². The van der Waals surface area contributed by atoms with Gasteiger partial charge < -0.3 is 29.5 Å². The number of hydrogen-bond acceptors (Lipinski definition) is 4. The maximum Gasteiger partial charge on any atom is 0.321 e. The van der Waals surface area contributed by atoms with Crippen LogP contribution in [0.2, 0.25) is 0 Å². The number of nitrogens with one attached hydrogen (secondary N) is 1. The summed E-state index contributed by atoms with van der Waals surface area (Å²) in [6.45, 7) is 4.69. The van der Waals surface area contributed by atoms with E-state index < -0.39 is 12.1 Å². The minimum atomic E-state index is -0.424. The lowest BCUT2D eigenvalue weighted by atomic mass is 9.96. The van der Waals surface area contributed by atoms with Gasteiger partial charge in [-0.3, -0.25) is 4.79 Å². The Morgan fingerprint density at radius 3 is 2.36 bits per heavy atom. The number of aryl methyl sites for hydroxylation is 1. The van der Waals surface area contributed by atoms with Crippen LogP contribution >= 0.6 is 0 Å². The lowest BCUT2D eigenvalue weighted by molar-refractivity contribution is -0.0179. The molecule has 0 aliphatic carbocycles. The van der Waals surface area contributed by atoms with Crippen LogP contribution in [-0.2, 0) is 18.4 Å². The molecule has 1 aliphatic heterocycles. The van der Waals surface area contributed by atoms with Crippen LogP contribution in [0.3, 0.4) is 0 Å². The molecule has 6 rings (SSSR count). The minimum absolute atomic E-state index is 0.146. The van der Waals surface area contributed by atoms with E-state index in [9.17, 15) is 14.7 Å². The predicted octanol–water partition coefficient (Wildman–Crippen LogP) is 7.03. The molecule has 3 atom stereocenters. The van der Waals surface area contributed by atoms with Gasteiger partial charge in [0.05, 0.1) is 25.4 Å². The third-order valence-electron chi connectivity index (χ3n) is 9.27. The Hall–Kier alpha value is -4.92. The Morgan fingerprint density at radius 1 is 0.957 bits per heavy atom.